The third-order valence-electron chi connectivity index (χ3n) is 4.93. The highest BCUT2D eigenvalue weighted by molar-refractivity contribution is 7.07. The third kappa shape index (κ3) is 5.87. The molecule has 1 aliphatic carbocycles. The molecule has 0 radical (unpaired) electrons. The van der Waals surface area contributed by atoms with E-state index in [0.29, 0.717) is 26.0 Å². The standard InChI is InChI=1S/C20H26F2N2O2S/c1-24(11-17-13-27-14-23-17)10-16-9-18(3-4-19(16)25-2)26-12-15-5-7-20(21,22)8-6-15/h3-4,9,13-15H,5-8,10-12H2,1-2H3. The van der Waals surface area contributed by atoms with Gasteiger partial charge in [0.05, 0.1) is 24.9 Å². The summed E-state index contributed by atoms with van der Waals surface area (Å²) >= 11 is 1.59. The third-order valence-corrected chi connectivity index (χ3v) is 5.57. The lowest BCUT2D eigenvalue weighted by atomic mass is 9.87. The SMILES string of the molecule is COc1ccc(OCC2CCC(F)(F)CC2)cc1CN(C)Cc1cscn1. The molecule has 0 N–H and O–H groups in total. The van der Waals surface area contributed by atoms with Crippen molar-refractivity contribution in [1.82, 2.24) is 9.88 Å². The number of hydrogen-bond donors (Lipinski definition) is 0. The first-order valence-corrected chi connectivity index (χ1v) is 10.1. The molecule has 0 saturated heterocycles. The molecule has 1 aliphatic rings. The number of halogens is 2. The van der Waals surface area contributed by atoms with Gasteiger partial charge in [0.25, 0.3) is 0 Å². The van der Waals surface area contributed by atoms with Crippen LogP contribution in [0.25, 0.3) is 0 Å². The van der Waals surface area contributed by atoms with E-state index in [1.807, 2.05) is 36.1 Å². The molecule has 3 rings (SSSR count). The van der Waals surface area contributed by atoms with Crippen LogP contribution < -0.4 is 9.47 Å². The van der Waals surface area contributed by atoms with Crippen molar-refractivity contribution in [1.29, 1.82) is 0 Å². The average molecular weight is 397 g/mol. The van der Waals surface area contributed by atoms with Crippen LogP contribution in [0, 0.1) is 5.92 Å². The fourth-order valence-electron chi connectivity index (χ4n) is 3.39. The largest absolute Gasteiger partial charge is 0.496 e. The second-order valence-corrected chi connectivity index (χ2v) is 7.95. The molecule has 7 heteroatoms. The van der Waals surface area contributed by atoms with Crippen LogP contribution in [0.4, 0.5) is 8.78 Å². The van der Waals surface area contributed by atoms with Crippen molar-refractivity contribution in [2.45, 2.75) is 44.7 Å². The Morgan fingerprint density at radius 1 is 1.26 bits per heavy atom. The lowest BCUT2D eigenvalue weighted by Gasteiger charge is -2.28. The maximum absolute atomic E-state index is 13.3. The van der Waals surface area contributed by atoms with E-state index in [1.54, 1.807) is 18.4 Å². The number of methoxy groups -OCH3 is 1. The lowest BCUT2D eigenvalue weighted by Crippen LogP contribution is -2.27. The topological polar surface area (TPSA) is 34.6 Å². The van der Waals surface area contributed by atoms with Crippen LogP contribution in [0.15, 0.2) is 29.1 Å². The predicted octanol–water partition coefficient (Wildman–Crippen LogP) is 4.99. The summed E-state index contributed by atoms with van der Waals surface area (Å²) in [7, 11) is 3.69. The summed E-state index contributed by atoms with van der Waals surface area (Å²) in [6.07, 6.45) is 0.978. The van der Waals surface area contributed by atoms with E-state index in [9.17, 15) is 8.78 Å². The molecule has 0 spiro atoms. The van der Waals surface area contributed by atoms with E-state index >= 15 is 0 Å². The maximum atomic E-state index is 13.3. The van der Waals surface area contributed by atoms with Gasteiger partial charge in [-0.05, 0) is 44.0 Å². The Hall–Kier alpha value is -1.73. The van der Waals surface area contributed by atoms with Crippen LogP contribution in [0.3, 0.4) is 0 Å². The summed E-state index contributed by atoms with van der Waals surface area (Å²) in [6.45, 7) is 1.94. The van der Waals surface area contributed by atoms with E-state index in [-0.39, 0.29) is 18.8 Å². The fraction of sp³-hybridized carbons (Fsp3) is 0.550. The molecule has 148 valence electrons. The Labute approximate surface area is 163 Å². The van der Waals surface area contributed by atoms with Gasteiger partial charge >= 0.3 is 0 Å². The van der Waals surface area contributed by atoms with Gasteiger partial charge in [-0.3, -0.25) is 4.90 Å². The van der Waals surface area contributed by atoms with Gasteiger partial charge in [-0.1, -0.05) is 0 Å². The number of hydrogen-bond acceptors (Lipinski definition) is 5. The van der Waals surface area contributed by atoms with Gasteiger partial charge in [0.15, 0.2) is 0 Å². The number of ether oxygens (including phenoxy) is 2. The Bertz CT molecular complexity index is 715. The number of aromatic nitrogens is 1. The Morgan fingerprint density at radius 3 is 2.70 bits per heavy atom. The van der Waals surface area contributed by atoms with E-state index in [4.69, 9.17) is 9.47 Å². The van der Waals surface area contributed by atoms with E-state index in [2.05, 4.69) is 9.88 Å². The molecule has 0 aliphatic heterocycles. The second-order valence-electron chi connectivity index (χ2n) is 7.24. The molecule has 0 atom stereocenters. The van der Waals surface area contributed by atoms with Crippen LogP contribution in [-0.2, 0) is 13.1 Å². The van der Waals surface area contributed by atoms with E-state index in [0.717, 1.165) is 29.3 Å². The summed E-state index contributed by atoms with van der Waals surface area (Å²) in [6, 6.07) is 5.75. The fourth-order valence-corrected chi connectivity index (χ4v) is 3.94. The zero-order valence-electron chi connectivity index (χ0n) is 15.8. The van der Waals surface area contributed by atoms with Gasteiger partial charge in [0, 0.05) is 36.9 Å². The minimum Gasteiger partial charge on any atom is -0.496 e. The molecule has 27 heavy (non-hydrogen) atoms. The van der Waals surface area contributed by atoms with E-state index in [1.165, 1.54) is 0 Å². The van der Waals surface area contributed by atoms with Crippen LogP contribution in [0.2, 0.25) is 0 Å². The predicted molar refractivity (Wildman–Crippen MR) is 103 cm³/mol. The molecule has 2 aromatic rings. The summed E-state index contributed by atoms with van der Waals surface area (Å²) in [5.41, 5.74) is 3.91. The Balaban J connectivity index is 1.57. The molecule has 4 nitrogen and oxygen atoms in total. The van der Waals surface area contributed by atoms with Gasteiger partial charge in [0.2, 0.25) is 5.92 Å². The molecule has 1 fully saturated rings. The summed E-state index contributed by atoms with van der Waals surface area (Å²) in [5.74, 6) is -0.733. The van der Waals surface area contributed by atoms with Crippen molar-refractivity contribution in [3.05, 3.63) is 40.3 Å². The van der Waals surface area contributed by atoms with Gasteiger partial charge in [-0.25, -0.2) is 13.8 Å². The molecule has 0 unspecified atom stereocenters. The number of alkyl halides is 2. The summed E-state index contributed by atoms with van der Waals surface area (Å²) in [5, 5.41) is 2.04. The van der Waals surface area contributed by atoms with Gasteiger partial charge in [0.1, 0.15) is 11.5 Å². The zero-order valence-corrected chi connectivity index (χ0v) is 16.6. The van der Waals surface area contributed by atoms with Crippen molar-refractivity contribution in [2.24, 2.45) is 5.92 Å². The zero-order chi connectivity index (χ0) is 19.3. The highest BCUT2D eigenvalue weighted by atomic mass is 32.1. The molecule has 1 saturated carbocycles. The van der Waals surface area contributed by atoms with Crippen molar-refractivity contribution in [2.75, 3.05) is 20.8 Å². The average Bonchev–Trinajstić information content (AvgIpc) is 3.14. The second kappa shape index (κ2) is 8.97. The number of rotatable bonds is 8. The molecule has 1 aromatic carbocycles. The van der Waals surface area contributed by atoms with Crippen molar-refractivity contribution in [3.63, 3.8) is 0 Å². The Kier molecular flexibility index (Phi) is 6.65. The molecule has 0 amide bonds. The molecule has 0 bridgehead atoms. The quantitative estimate of drug-likeness (QED) is 0.630. The monoisotopic (exact) mass is 396 g/mol. The smallest absolute Gasteiger partial charge is 0.248 e. The van der Waals surface area contributed by atoms with Crippen molar-refractivity contribution >= 4 is 11.3 Å². The van der Waals surface area contributed by atoms with Crippen molar-refractivity contribution < 1.29 is 18.3 Å². The number of benzene rings is 1. The summed E-state index contributed by atoms with van der Waals surface area (Å²) < 4.78 is 37.9. The maximum Gasteiger partial charge on any atom is 0.248 e. The lowest BCUT2D eigenvalue weighted by molar-refractivity contribution is -0.0498. The van der Waals surface area contributed by atoms with Crippen LogP contribution in [0.5, 0.6) is 11.5 Å². The Morgan fingerprint density at radius 2 is 2.04 bits per heavy atom. The first kappa shape index (κ1) is 20.0. The van der Waals surface area contributed by atoms with Crippen molar-refractivity contribution in [3.8, 4) is 11.5 Å². The van der Waals surface area contributed by atoms with Gasteiger partial charge in [-0.15, -0.1) is 11.3 Å². The molecular formula is C20H26F2N2O2S. The molecular weight excluding hydrogens is 370 g/mol. The van der Waals surface area contributed by atoms with Crippen LogP contribution in [-0.4, -0.2) is 36.6 Å². The molecule has 1 aromatic heterocycles. The van der Waals surface area contributed by atoms with Crippen LogP contribution in [0.1, 0.15) is 36.9 Å². The normalized spacial score (nSPS) is 17.2. The van der Waals surface area contributed by atoms with E-state index < -0.39 is 5.92 Å². The van der Waals surface area contributed by atoms with Gasteiger partial charge < -0.3 is 9.47 Å². The minimum absolute atomic E-state index is 0.0314. The highest BCUT2D eigenvalue weighted by Crippen LogP contribution is 2.36. The summed E-state index contributed by atoms with van der Waals surface area (Å²) in [4.78, 5) is 6.48. The van der Waals surface area contributed by atoms with Crippen LogP contribution >= 0.6 is 11.3 Å². The minimum atomic E-state index is -2.49. The molecule has 1 heterocycles. The highest BCUT2D eigenvalue weighted by Gasteiger charge is 2.35. The van der Waals surface area contributed by atoms with Gasteiger partial charge in [-0.2, -0.15) is 0 Å². The first-order chi connectivity index (χ1) is 12.9. The first-order valence-electron chi connectivity index (χ1n) is 9.18. The number of nitrogens with zero attached hydrogens (tertiary/aromatic N) is 2. The number of thiazole rings is 1.